The molecule has 0 atom stereocenters. The van der Waals surface area contributed by atoms with Crippen LogP contribution in [-0.4, -0.2) is 37.5 Å². The Morgan fingerprint density at radius 2 is 1.10 bits per heavy atom. The maximum absolute atomic E-state index is 6.41. The van der Waals surface area contributed by atoms with Gasteiger partial charge in [0.15, 0.2) is 0 Å². The first-order chi connectivity index (χ1) is 18.9. The molecular formula is C35H42Cl2N3+. The topological polar surface area (TPSA) is 9.49 Å². The second-order valence-electron chi connectivity index (χ2n) is 12.3. The number of anilines is 2. The minimum absolute atomic E-state index is 0.108. The fraction of sp³-hybridized carbons (Fsp3) is 0.400. The Balaban J connectivity index is 1.51. The van der Waals surface area contributed by atoms with Gasteiger partial charge in [-0.2, -0.15) is 0 Å². The van der Waals surface area contributed by atoms with Crippen molar-refractivity contribution < 1.29 is 4.58 Å². The van der Waals surface area contributed by atoms with Crippen LogP contribution < -0.4 is 9.80 Å². The lowest BCUT2D eigenvalue weighted by atomic mass is 9.83. The van der Waals surface area contributed by atoms with Crippen molar-refractivity contribution in [2.24, 2.45) is 0 Å². The van der Waals surface area contributed by atoms with E-state index in [0.29, 0.717) is 0 Å². The number of likely N-dealkylation sites (N-methyl/N-ethyl adjacent to an activating group) is 2. The quantitative estimate of drug-likeness (QED) is 0.337. The maximum Gasteiger partial charge on any atom is 0.205 e. The second kappa shape index (κ2) is 10.6. The number of allylic oxidation sites excluding steroid dienone is 8. The summed E-state index contributed by atoms with van der Waals surface area (Å²) in [6.45, 7) is 15.5. The van der Waals surface area contributed by atoms with Crippen LogP contribution >= 0.6 is 23.2 Å². The summed E-state index contributed by atoms with van der Waals surface area (Å²) in [5, 5.41) is 1.59. The fourth-order valence-electron chi connectivity index (χ4n) is 6.95. The highest BCUT2D eigenvalue weighted by molar-refractivity contribution is 6.31. The van der Waals surface area contributed by atoms with Crippen LogP contribution in [0.5, 0.6) is 0 Å². The second-order valence-corrected chi connectivity index (χ2v) is 13.2. The molecule has 0 N–H and O–H groups in total. The first-order valence-electron chi connectivity index (χ1n) is 14.4. The molecule has 0 spiro atoms. The van der Waals surface area contributed by atoms with Gasteiger partial charge in [0.25, 0.3) is 0 Å². The highest BCUT2D eigenvalue weighted by Crippen LogP contribution is 2.50. The van der Waals surface area contributed by atoms with E-state index in [2.05, 4.69) is 119 Å². The van der Waals surface area contributed by atoms with Crippen LogP contribution in [0.2, 0.25) is 10.0 Å². The Bertz CT molecular complexity index is 1410. The molecule has 0 saturated heterocycles. The molecule has 3 aliphatic rings. The van der Waals surface area contributed by atoms with Crippen molar-refractivity contribution in [3.8, 4) is 0 Å². The molecule has 3 nitrogen and oxygen atoms in total. The van der Waals surface area contributed by atoms with E-state index in [1.165, 1.54) is 50.8 Å². The molecule has 1 fully saturated rings. The van der Waals surface area contributed by atoms with Gasteiger partial charge in [-0.1, -0.05) is 63.0 Å². The van der Waals surface area contributed by atoms with E-state index in [0.717, 1.165) is 36.0 Å². The largest absolute Gasteiger partial charge is 0.344 e. The lowest BCUT2D eigenvalue weighted by molar-refractivity contribution is -0.463. The van der Waals surface area contributed by atoms with E-state index in [-0.39, 0.29) is 10.8 Å². The summed E-state index contributed by atoms with van der Waals surface area (Å²) in [6, 6.07) is 12.6. The number of benzene rings is 2. The van der Waals surface area contributed by atoms with Gasteiger partial charge in [-0.25, -0.2) is 4.58 Å². The molecular weight excluding hydrogens is 533 g/mol. The number of rotatable bonds is 4. The van der Waals surface area contributed by atoms with Crippen LogP contribution in [-0.2, 0) is 10.8 Å². The van der Waals surface area contributed by atoms with Gasteiger partial charge >= 0.3 is 0 Å². The highest BCUT2D eigenvalue weighted by atomic mass is 35.5. The highest BCUT2D eigenvalue weighted by Gasteiger charge is 2.41. The van der Waals surface area contributed by atoms with E-state index in [4.69, 9.17) is 23.2 Å². The SMILES string of the molecule is CCN1/C(=C/C=C2\CC/C(=C\C=C3\N(CC)c4ccc(Cl)cc4C3(C)C)C2=[N+](C)C)C(C)(C)c2cc(Cl)ccc21. The first kappa shape index (κ1) is 28.8. The molecule has 40 heavy (non-hydrogen) atoms. The molecule has 0 bridgehead atoms. The van der Waals surface area contributed by atoms with Gasteiger partial charge in [0.1, 0.15) is 14.1 Å². The summed E-state index contributed by atoms with van der Waals surface area (Å²) in [4.78, 5) is 4.86. The predicted molar refractivity (Wildman–Crippen MR) is 174 cm³/mol. The third kappa shape index (κ3) is 4.65. The van der Waals surface area contributed by atoms with E-state index < -0.39 is 0 Å². The van der Waals surface area contributed by atoms with Crippen LogP contribution in [0.15, 0.2) is 83.2 Å². The van der Waals surface area contributed by atoms with Crippen molar-refractivity contribution in [3.05, 3.63) is 104 Å². The van der Waals surface area contributed by atoms with Gasteiger partial charge in [-0.3, -0.25) is 0 Å². The summed E-state index contributed by atoms with van der Waals surface area (Å²) < 4.78 is 2.28. The van der Waals surface area contributed by atoms with Gasteiger partial charge in [-0.05, 0) is 86.4 Å². The molecule has 5 heteroatoms. The minimum atomic E-state index is -0.108. The third-order valence-electron chi connectivity index (χ3n) is 8.94. The van der Waals surface area contributed by atoms with Crippen molar-refractivity contribution in [1.82, 2.24) is 0 Å². The lowest BCUT2D eigenvalue weighted by Gasteiger charge is -2.26. The van der Waals surface area contributed by atoms with Crippen molar-refractivity contribution in [1.29, 1.82) is 0 Å². The average molecular weight is 576 g/mol. The van der Waals surface area contributed by atoms with E-state index in [9.17, 15) is 0 Å². The Kier molecular flexibility index (Phi) is 7.61. The summed E-state index contributed by atoms with van der Waals surface area (Å²) in [5.74, 6) is 0. The average Bonchev–Trinajstić information content (AvgIpc) is 3.47. The summed E-state index contributed by atoms with van der Waals surface area (Å²) in [5.41, 5.74) is 11.6. The summed E-state index contributed by atoms with van der Waals surface area (Å²) in [7, 11) is 4.32. The van der Waals surface area contributed by atoms with Crippen molar-refractivity contribution >= 4 is 40.3 Å². The predicted octanol–water partition coefficient (Wildman–Crippen LogP) is 9.06. The monoisotopic (exact) mass is 574 g/mol. The third-order valence-corrected chi connectivity index (χ3v) is 9.41. The Hall–Kier alpha value is -2.75. The lowest BCUT2D eigenvalue weighted by Crippen LogP contribution is -2.26. The first-order valence-corrected chi connectivity index (χ1v) is 15.2. The number of halogens is 2. The molecule has 210 valence electrons. The van der Waals surface area contributed by atoms with Gasteiger partial charge in [0.05, 0.1) is 0 Å². The molecule has 0 radical (unpaired) electrons. The number of hydrogen-bond donors (Lipinski definition) is 0. The van der Waals surface area contributed by atoms with Crippen molar-refractivity contribution in [2.45, 2.75) is 65.2 Å². The van der Waals surface area contributed by atoms with Gasteiger partial charge in [-0.15, -0.1) is 0 Å². The molecule has 2 heterocycles. The van der Waals surface area contributed by atoms with E-state index in [1.807, 2.05) is 12.1 Å². The Morgan fingerprint density at radius 3 is 1.45 bits per heavy atom. The number of hydrogen-bond acceptors (Lipinski definition) is 2. The van der Waals surface area contributed by atoms with Gasteiger partial charge in [0, 0.05) is 67.9 Å². The van der Waals surface area contributed by atoms with Crippen LogP contribution in [0.25, 0.3) is 0 Å². The van der Waals surface area contributed by atoms with Crippen LogP contribution in [0.4, 0.5) is 11.4 Å². The number of nitrogens with zero attached hydrogens (tertiary/aromatic N) is 3. The fourth-order valence-corrected chi connectivity index (χ4v) is 7.29. The zero-order valence-electron chi connectivity index (χ0n) is 25.2. The molecule has 5 rings (SSSR count). The molecule has 1 saturated carbocycles. The molecule has 2 aromatic carbocycles. The molecule has 2 aliphatic heterocycles. The molecule has 0 amide bonds. The van der Waals surface area contributed by atoms with Gasteiger partial charge in [0.2, 0.25) is 5.71 Å². The molecule has 2 aromatic rings. The van der Waals surface area contributed by atoms with E-state index in [1.54, 1.807) is 0 Å². The zero-order chi connectivity index (χ0) is 29.0. The van der Waals surface area contributed by atoms with Gasteiger partial charge < -0.3 is 9.80 Å². The molecule has 0 aromatic heterocycles. The molecule has 0 unspecified atom stereocenters. The van der Waals surface area contributed by atoms with Crippen molar-refractivity contribution in [3.63, 3.8) is 0 Å². The minimum Gasteiger partial charge on any atom is -0.344 e. The number of fused-ring (bicyclic) bond motifs is 2. The summed E-state index contributed by atoms with van der Waals surface area (Å²) in [6.07, 6.45) is 11.5. The van der Waals surface area contributed by atoms with Crippen molar-refractivity contribution in [2.75, 3.05) is 37.0 Å². The summed E-state index contributed by atoms with van der Waals surface area (Å²) >= 11 is 12.8. The standard InChI is InChI=1S/C35H42Cl2N3/c1-9-39-29-17-15-25(36)21-27(29)34(3,4)31(39)19-13-23-11-12-24(33(23)38(7)8)14-20-32-35(5,6)28-22-26(37)16-18-30(28)40(32)10-2/h13-22H,9-12H2,1-8H3/q+1. The molecule has 1 aliphatic carbocycles. The van der Waals surface area contributed by atoms with E-state index >= 15 is 0 Å². The maximum atomic E-state index is 6.41. The van der Waals surface area contributed by atoms with Crippen LogP contribution in [0.3, 0.4) is 0 Å². The van der Waals surface area contributed by atoms with Crippen LogP contribution in [0, 0.1) is 0 Å². The Morgan fingerprint density at radius 1 is 0.700 bits per heavy atom. The Labute approximate surface area is 250 Å². The smallest absolute Gasteiger partial charge is 0.205 e. The van der Waals surface area contributed by atoms with Crippen LogP contribution in [0.1, 0.15) is 65.5 Å². The zero-order valence-corrected chi connectivity index (χ0v) is 26.7. The normalized spacial score (nSPS) is 23.2.